The van der Waals surface area contributed by atoms with E-state index in [0.29, 0.717) is 6.04 Å². The first-order valence-corrected chi connectivity index (χ1v) is 4.70. The van der Waals surface area contributed by atoms with Gasteiger partial charge in [0.05, 0.1) is 13.2 Å². The molecule has 0 aromatic heterocycles. The lowest BCUT2D eigenvalue weighted by atomic mass is 10.2. The Morgan fingerprint density at radius 2 is 2.08 bits per heavy atom. The number of hydrogen-bond acceptors (Lipinski definition) is 3. The van der Waals surface area contributed by atoms with E-state index < -0.39 is 0 Å². The molecule has 0 aromatic rings. The van der Waals surface area contributed by atoms with Crippen molar-refractivity contribution in [2.45, 2.75) is 19.9 Å². The molecular formula is C10H17NO2. The molecule has 3 heteroatoms. The summed E-state index contributed by atoms with van der Waals surface area (Å²) in [6, 6.07) is 0.341. The van der Waals surface area contributed by atoms with E-state index in [2.05, 4.69) is 11.8 Å². The third-order valence-corrected chi connectivity index (χ3v) is 2.23. The first-order valence-electron chi connectivity index (χ1n) is 4.70. The second-order valence-corrected chi connectivity index (χ2v) is 3.36. The summed E-state index contributed by atoms with van der Waals surface area (Å²) in [6.45, 7) is 7.20. The van der Waals surface area contributed by atoms with E-state index in [9.17, 15) is 4.79 Å². The van der Waals surface area contributed by atoms with Crippen LogP contribution in [0.4, 0.5) is 0 Å². The Kier molecular flexibility index (Phi) is 4.12. The minimum atomic E-state index is 0.111. The Labute approximate surface area is 79.4 Å². The number of ether oxygens (including phenoxy) is 1. The number of nitrogens with zero attached hydrogens (tertiary/aromatic N) is 1. The van der Waals surface area contributed by atoms with Gasteiger partial charge >= 0.3 is 0 Å². The Balaban J connectivity index is 2.36. The molecule has 0 bridgehead atoms. The van der Waals surface area contributed by atoms with Crippen molar-refractivity contribution in [2.24, 2.45) is 0 Å². The van der Waals surface area contributed by atoms with E-state index in [-0.39, 0.29) is 5.78 Å². The first kappa shape index (κ1) is 10.4. The molecule has 1 heterocycles. The van der Waals surface area contributed by atoms with E-state index in [1.165, 1.54) is 0 Å². The molecule has 1 aliphatic rings. The average molecular weight is 183 g/mol. The fraction of sp³-hybridized carbons (Fsp3) is 0.700. The first-order chi connectivity index (χ1) is 6.20. The Morgan fingerprint density at radius 1 is 1.46 bits per heavy atom. The molecule has 1 atom stereocenters. The summed E-state index contributed by atoms with van der Waals surface area (Å²) >= 11 is 0. The van der Waals surface area contributed by atoms with Crippen LogP contribution in [0.3, 0.4) is 0 Å². The van der Waals surface area contributed by atoms with Crippen molar-refractivity contribution in [3.05, 3.63) is 12.2 Å². The summed E-state index contributed by atoms with van der Waals surface area (Å²) in [7, 11) is 0. The van der Waals surface area contributed by atoms with Gasteiger partial charge < -0.3 is 4.74 Å². The van der Waals surface area contributed by atoms with E-state index in [1.807, 2.05) is 6.08 Å². The maximum Gasteiger partial charge on any atom is 0.152 e. The summed E-state index contributed by atoms with van der Waals surface area (Å²) in [5.74, 6) is 0.111. The van der Waals surface area contributed by atoms with Crippen LogP contribution in [0.5, 0.6) is 0 Å². The highest BCUT2D eigenvalue weighted by Crippen LogP contribution is 2.04. The summed E-state index contributed by atoms with van der Waals surface area (Å²) in [4.78, 5) is 13.0. The van der Waals surface area contributed by atoms with Crippen LogP contribution in [0.25, 0.3) is 0 Å². The zero-order chi connectivity index (χ0) is 9.68. The second-order valence-electron chi connectivity index (χ2n) is 3.36. The van der Waals surface area contributed by atoms with Crippen molar-refractivity contribution in [1.82, 2.24) is 4.90 Å². The molecule has 3 nitrogen and oxygen atoms in total. The molecule has 0 amide bonds. The lowest BCUT2D eigenvalue weighted by Crippen LogP contribution is -2.41. The Morgan fingerprint density at radius 3 is 2.62 bits per heavy atom. The highest BCUT2D eigenvalue weighted by atomic mass is 16.5. The predicted molar refractivity (Wildman–Crippen MR) is 51.7 cm³/mol. The highest BCUT2D eigenvalue weighted by Gasteiger charge is 2.14. The number of carbonyl (C=O) groups is 1. The van der Waals surface area contributed by atoms with E-state index in [0.717, 1.165) is 26.3 Å². The van der Waals surface area contributed by atoms with Crippen LogP contribution < -0.4 is 0 Å². The van der Waals surface area contributed by atoms with Crippen molar-refractivity contribution in [2.75, 3.05) is 26.3 Å². The van der Waals surface area contributed by atoms with E-state index >= 15 is 0 Å². The number of hydrogen-bond donors (Lipinski definition) is 0. The molecule has 1 saturated heterocycles. The molecule has 0 aromatic carbocycles. The lowest BCUT2D eigenvalue weighted by molar-refractivity contribution is -0.112. The average Bonchev–Trinajstić information content (AvgIpc) is 2.15. The minimum Gasteiger partial charge on any atom is -0.379 e. The molecular weight excluding hydrogens is 166 g/mol. The number of morpholine rings is 1. The van der Waals surface area contributed by atoms with Gasteiger partial charge in [-0.25, -0.2) is 0 Å². The SMILES string of the molecule is CC(=O)/C=C/C(C)N1CCOCC1. The Hall–Kier alpha value is -0.670. The Bertz CT molecular complexity index is 195. The molecule has 0 saturated carbocycles. The number of ketones is 1. The van der Waals surface area contributed by atoms with Crippen molar-refractivity contribution in [1.29, 1.82) is 0 Å². The van der Waals surface area contributed by atoms with Crippen LogP contribution in [-0.4, -0.2) is 43.0 Å². The van der Waals surface area contributed by atoms with Crippen LogP contribution in [-0.2, 0) is 9.53 Å². The van der Waals surface area contributed by atoms with Crippen molar-refractivity contribution in [3.63, 3.8) is 0 Å². The second kappa shape index (κ2) is 5.14. The summed E-state index contributed by atoms with van der Waals surface area (Å²) < 4.78 is 5.24. The summed E-state index contributed by atoms with van der Waals surface area (Å²) in [6.07, 6.45) is 3.59. The standard InChI is InChI=1S/C10H17NO2/c1-9(3-4-10(2)12)11-5-7-13-8-6-11/h3-4,9H,5-8H2,1-2H3/b4-3+. The van der Waals surface area contributed by atoms with Gasteiger partial charge in [0.15, 0.2) is 5.78 Å². The monoisotopic (exact) mass is 183 g/mol. The van der Waals surface area contributed by atoms with Gasteiger partial charge in [-0.2, -0.15) is 0 Å². The molecule has 0 spiro atoms. The zero-order valence-corrected chi connectivity index (χ0v) is 8.32. The van der Waals surface area contributed by atoms with Crippen LogP contribution in [0.2, 0.25) is 0 Å². The topological polar surface area (TPSA) is 29.5 Å². The normalized spacial score (nSPS) is 22.0. The predicted octanol–water partition coefficient (Wildman–Crippen LogP) is 0.852. The van der Waals surface area contributed by atoms with Gasteiger partial charge in [0, 0.05) is 19.1 Å². The third-order valence-electron chi connectivity index (χ3n) is 2.23. The van der Waals surface area contributed by atoms with Gasteiger partial charge in [-0.1, -0.05) is 6.08 Å². The molecule has 1 unspecified atom stereocenters. The molecule has 0 radical (unpaired) electrons. The van der Waals surface area contributed by atoms with Crippen LogP contribution in [0.1, 0.15) is 13.8 Å². The maximum absolute atomic E-state index is 10.7. The smallest absolute Gasteiger partial charge is 0.152 e. The molecule has 0 N–H and O–H groups in total. The van der Waals surface area contributed by atoms with Crippen LogP contribution >= 0.6 is 0 Å². The van der Waals surface area contributed by atoms with E-state index in [1.54, 1.807) is 13.0 Å². The molecule has 1 fully saturated rings. The zero-order valence-electron chi connectivity index (χ0n) is 8.32. The largest absolute Gasteiger partial charge is 0.379 e. The molecule has 0 aliphatic carbocycles. The third kappa shape index (κ3) is 3.70. The molecule has 74 valence electrons. The fourth-order valence-corrected chi connectivity index (χ4v) is 1.38. The quantitative estimate of drug-likeness (QED) is 0.608. The molecule has 1 aliphatic heterocycles. The lowest BCUT2D eigenvalue weighted by Gasteiger charge is -2.30. The van der Waals surface area contributed by atoms with Crippen LogP contribution in [0.15, 0.2) is 12.2 Å². The minimum absolute atomic E-state index is 0.111. The van der Waals surface area contributed by atoms with Crippen molar-refractivity contribution < 1.29 is 9.53 Å². The van der Waals surface area contributed by atoms with Gasteiger partial charge in [0.25, 0.3) is 0 Å². The maximum atomic E-state index is 10.7. The fourth-order valence-electron chi connectivity index (χ4n) is 1.38. The summed E-state index contributed by atoms with van der Waals surface area (Å²) in [5.41, 5.74) is 0. The van der Waals surface area contributed by atoms with Gasteiger partial charge in [-0.3, -0.25) is 9.69 Å². The molecule has 1 rings (SSSR count). The molecule has 13 heavy (non-hydrogen) atoms. The number of allylic oxidation sites excluding steroid dienone is 1. The van der Waals surface area contributed by atoms with E-state index in [4.69, 9.17) is 4.74 Å². The van der Waals surface area contributed by atoms with Gasteiger partial charge in [0.1, 0.15) is 0 Å². The van der Waals surface area contributed by atoms with Gasteiger partial charge in [-0.05, 0) is 19.9 Å². The summed E-state index contributed by atoms with van der Waals surface area (Å²) in [5, 5.41) is 0. The van der Waals surface area contributed by atoms with Crippen molar-refractivity contribution >= 4 is 5.78 Å². The van der Waals surface area contributed by atoms with Crippen LogP contribution in [0, 0.1) is 0 Å². The van der Waals surface area contributed by atoms with Gasteiger partial charge in [0.2, 0.25) is 0 Å². The van der Waals surface area contributed by atoms with Crippen molar-refractivity contribution in [3.8, 4) is 0 Å². The number of carbonyl (C=O) groups excluding carboxylic acids is 1. The van der Waals surface area contributed by atoms with Gasteiger partial charge in [-0.15, -0.1) is 0 Å². The number of rotatable bonds is 3. The highest BCUT2D eigenvalue weighted by molar-refractivity contribution is 5.87.